The molecular weight excluding hydrogens is 240 g/mol. The molecule has 0 aromatic rings. The van der Waals surface area contributed by atoms with Crippen molar-refractivity contribution in [2.75, 3.05) is 40.8 Å². The fraction of sp³-hybridized carbons (Fsp3) is 0.929. The molecule has 1 saturated carbocycles. The molecule has 0 heterocycles. The average Bonchev–Trinajstić information content (AvgIpc) is 2.22. The van der Waals surface area contributed by atoms with Gasteiger partial charge in [-0.15, -0.1) is 0 Å². The Kier molecular flexibility index (Phi) is 5.35. The maximum absolute atomic E-state index is 11.7. The standard InChI is InChI=1S/C14H30N4O/c1-6-16-13(2,12(15)19)10-18(5)11-14(17(3)4)8-7-9-14/h16H,6-11H2,1-5H3,(H2,15,19). The molecule has 1 atom stereocenters. The quantitative estimate of drug-likeness (QED) is 0.664. The van der Waals surface area contributed by atoms with E-state index in [4.69, 9.17) is 5.73 Å². The van der Waals surface area contributed by atoms with Crippen molar-refractivity contribution in [3.05, 3.63) is 0 Å². The molecule has 0 bridgehead atoms. The van der Waals surface area contributed by atoms with Gasteiger partial charge in [-0.2, -0.15) is 0 Å². The zero-order valence-electron chi connectivity index (χ0n) is 13.1. The molecule has 0 aliphatic heterocycles. The summed E-state index contributed by atoms with van der Waals surface area (Å²) in [6.07, 6.45) is 3.77. The van der Waals surface area contributed by atoms with E-state index in [1.807, 2.05) is 13.8 Å². The lowest BCUT2D eigenvalue weighted by atomic mass is 9.75. The predicted molar refractivity (Wildman–Crippen MR) is 79.0 cm³/mol. The van der Waals surface area contributed by atoms with Crippen LogP contribution in [-0.4, -0.2) is 67.6 Å². The monoisotopic (exact) mass is 270 g/mol. The van der Waals surface area contributed by atoms with Gasteiger partial charge in [0.1, 0.15) is 5.54 Å². The lowest BCUT2D eigenvalue weighted by molar-refractivity contribution is -0.124. The summed E-state index contributed by atoms with van der Waals surface area (Å²) in [5.41, 5.74) is 5.16. The summed E-state index contributed by atoms with van der Waals surface area (Å²) in [5, 5.41) is 3.21. The Balaban J connectivity index is 2.62. The smallest absolute Gasteiger partial charge is 0.238 e. The Morgan fingerprint density at radius 1 is 1.37 bits per heavy atom. The highest BCUT2D eigenvalue weighted by Gasteiger charge is 2.41. The van der Waals surface area contributed by atoms with Crippen LogP contribution < -0.4 is 11.1 Å². The van der Waals surface area contributed by atoms with Gasteiger partial charge in [0.05, 0.1) is 0 Å². The first kappa shape index (κ1) is 16.4. The number of nitrogens with two attached hydrogens (primary N) is 1. The highest BCUT2D eigenvalue weighted by Crippen LogP contribution is 2.36. The molecule has 1 amide bonds. The highest BCUT2D eigenvalue weighted by molar-refractivity contribution is 5.84. The van der Waals surface area contributed by atoms with Crippen LogP contribution >= 0.6 is 0 Å². The van der Waals surface area contributed by atoms with Crippen molar-refractivity contribution in [1.29, 1.82) is 0 Å². The van der Waals surface area contributed by atoms with Crippen molar-refractivity contribution >= 4 is 5.91 Å². The minimum absolute atomic E-state index is 0.277. The molecule has 112 valence electrons. The number of carbonyl (C=O) groups excluding carboxylic acids is 1. The van der Waals surface area contributed by atoms with Gasteiger partial charge in [0.2, 0.25) is 5.91 Å². The zero-order chi connectivity index (χ0) is 14.7. The molecule has 19 heavy (non-hydrogen) atoms. The van der Waals surface area contributed by atoms with E-state index in [2.05, 4.69) is 36.3 Å². The molecule has 3 N–H and O–H groups in total. The van der Waals surface area contributed by atoms with Crippen LogP contribution in [0.2, 0.25) is 0 Å². The summed E-state index contributed by atoms with van der Waals surface area (Å²) in [6.45, 7) is 6.25. The first-order valence-electron chi connectivity index (χ1n) is 7.17. The largest absolute Gasteiger partial charge is 0.368 e. The summed E-state index contributed by atoms with van der Waals surface area (Å²) in [6, 6.07) is 0. The first-order valence-corrected chi connectivity index (χ1v) is 7.17. The molecule has 0 saturated heterocycles. The van der Waals surface area contributed by atoms with Crippen LogP contribution in [0.25, 0.3) is 0 Å². The van der Waals surface area contributed by atoms with Crippen molar-refractivity contribution in [2.24, 2.45) is 5.73 Å². The summed E-state index contributed by atoms with van der Waals surface area (Å²) < 4.78 is 0. The van der Waals surface area contributed by atoms with Crippen molar-refractivity contribution in [3.8, 4) is 0 Å². The lowest BCUT2D eigenvalue weighted by Gasteiger charge is -2.50. The van der Waals surface area contributed by atoms with Crippen LogP contribution in [0.15, 0.2) is 0 Å². The van der Waals surface area contributed by atoms with Gasteiger partial charge in [-0.05, 0) is 53.9 Å². The molecule has 1 rings (SSSR count). The van der Waals surface area contributed by atoms with E-state index in [1.54, 1.807) is 0 Å². The van der Waals surface area contributed by atoms with E-state index in [0.29, 0.717) is 6.54 Å². The number of hydrogen-bond acceptors (Lipinski definition) is 4. The SMILES string of the molecule is CCNC(C)(CN(C)CC1(N(C)C)CCC1)C(N)=O. The summed E-state index contributed by atoms with van der Waals surface area (Å²) in [7, 11) is 6.36. The Bertz CT molecular complexity index is 315. The van der Waals surface area contributed by atoms with Crippen LogP contribution in [0.4, 0.5) is 0 Å². The second kappa shape index (κ2) is 6.20. The summed E-state index contributed by atoms with van der Waals surface area (Å²) in [4.78, 5) is 16.2. The number of likely N-dealkylation sites (N-methyl/N-ethyl adjacent to an activating group) is 3. The number of nitrogens with zero attached hydrogens (tertiary/aromatic N) is 2. The van der Waals surface area contributed by atoms with Crippen LogP contribution in [0.3, 0.4) is 0 Å². The lowest BCUT2D eigenvalue weighted by Crippen LogP contribution is -2.62. The molecule has 1 aliphatic rings. The van der Waals surface area contributed by atoms with Crippen LogP contribution in [0, 0.1) is 0 Å². The van der Waals surface area contributed by atoms with Gasteiger partial charge >= 0.3 is 0 Å². The Hall–Kier alpha value is -0.650. The molecular formula is C14H30N4O. The minimum Gasteiger partial charge on any atom is -0.368 e. The third-order valence-electron chi connectivity index (χ3n) is 4.49. The van der Waals surface area contributed by atoms with E-state index in [9.17, 15) is 4.79 Å². The number of hydrogen-bond donors (Lipinski definition) is 2. The fourth-order valence-corrected chi connectivity index (χ4v) is 3.04. The fourth-order valence-electron chi connectivity index (χ4n) is 3.04. The highest BCUT2D eigenvalue weighted by atomic mass is 16.1. The topological polar surface area (TPSA) is 61.6 Å². The molecule has 0 radical (unpaired) electrons. The first-order chi connectivity index (χ1) is 8.76. The normalized spacial score (nSPS) is 21.2. The van der Waals surface area contributed by atoms with Gasteiger partial charge in [0, 0.05) is 18.6 Å². The van der Waals surface area contributed by atoms with E-state index >= 15 is 0 Å². The molecule has 0 aromatic heterocycles. The molecule has 1 unspecified atom stereocenters. The van der Waals surface area contributed by atoms with E-state index in [-0.39, 0.29) is 11.4 Å². The Labute approximate surface area is 117 Å². The molecule has 1 fully saturated rings. The molecule has 0 aromatic carbocycles. The third kappa shape index (κ3) is 3.68. The maximum Gasteiger partial charge on any atom is 0.238 e. The van der Waals surface area contributed by atoms with Gasteiger partial charge in [0.15, 0.2) is 0 Å². The molecule has 1 aliphatic carbocycles. The van der Waals surface area contributed by atoms with Gasteiger partial charge in [0.25, 0.3) is 0 Å². The third-order valence-corrected chi connectivity index (χ3v) is 4.49. The van der Waals surface area contributed by atoms with Crippen molar-refractivity contribution in [2.45, 2.75) is 44.2 Å². The number of nitrogens with one attached hydrogen (secondary N) is 1. The minimum atomic E-state index is -0.652. The molecule has 5 nitrogen and oxygen atoms in total. The summed E-state index contributed by atoms with van der Waals surface area (Å²) in [5.74, 6) is -0.284. The van der Waals surface area contributed by atoms with E-state index in [1.165, 1.54) is 19.3 Å². The van der Waals surface area contributed by atoms with Crippen molar-refractivity contribution in [3.63, 3.8) is 0 Å². The summed E-state index contributed by atoms with van der Waals surface area (Å²) >= 11 is 0. The second-order valence-electron chi connectivity index (χ2n) is 6.37. The Morgan fingerprint density at radius 2 is 1.95 bits per heavy atom. The van der Waals surface area contributed by atoms with Gasteiger partial charge < -0.3 is 20.9 Å². The second-order valence-corrected chi connectivity index (χ2v) is 6.37. The number of primary amides is 1. The number of amides is 1. The predicted octanol–water partition coefficient (Wildman–Crippen LogP) is 0.256. The van der Waals surface area contributed by atoms with E-state index in [0.717, 1.165) is 13.1 Å². The van der Waals surface area contributed by atoms with Gasteiger partial charge in [-0.1, -0.05) is 6.92 Å². The van der Waals surface area contributed by atoms with Crippen LogP contribution in [-0.2, 0) is 4.79 Å². The van der Waals surface area contributed by atoms with Crippen LogP contribution in [0.5, 0.6) is 0 Å². The van der Waals surface area contributed by atoms with Crippen molar-refractivity contribution < 1.29 is 4.79 Å². The molecule has 0 spiro atoms. The zero-order valence-corrected chi connectivity index (χ0v) is 13.1. The van der Waals surface area contributed by atoms with Gasteiger partial charge in [-0.3, -0.25) is 4.79 Å². The maximum atomic E-state index is 11.7. The van der Waals surface area contributed by atoms with Crippen molar-refractivity contribution in [1.82, 2.24) is 15.1 Å². The molecule has 5 heteroatoms. The van der Waals surface area contributed by atoms with Gasteiger partial charge in [-0.25, -0.2) is 0 Å². The van der Waals surface area contributed by atoms with E-state index < -0.39 is 5.54 Å². The number of rotatable bonds is 8. The Morgan fingerprint density at radius 3 is 2.26 bits per heavy atom. The average molecular weight is 270 g/mol. The number of carbonyl (C=O) groups is 1. The van der Waals surface area contributed by atoms with Crippen LogP contribution in [0.1, 0.15) is 33.1 Å².